The van der Waals surface area contributed by atoms with E-state index in [1.54, 1.807) is 19.1 Å². The summed E-state index contributed by atoms with van der Waals surface area (Å²) < 4.78 is 9.18. The second-order valence-electron chi connectivity index (χ2n) is 4.47. The van der Waals surface area contributed by atoms with Crippen LogP contribution < -0.4 is 11.1 Å². The number of para-hydroxylation sites is 1. The van der Waals surface area contributed by atoms with E-state index in [-0.39, 0.29) is 6.10 Å². The second kappa shape index (κ2) is 9.83. The SMILES string of the molecule is CC(OC(N)=O)c1ccccc1.COC(=O)Nc1ccccc1. The molecule has 0 heterocycles. The summed E-state index contributed by atoms with van der Waals surface area (Å²) in [5, 5.41) is 2.53. The molecule has 2 rings (SSSR count). The molecule has 3 N–H and O–H groups in total. The van der Waals surface area contributed by atoms with Crippen LogP contribution in [0.2, 0.25) is 0 Å². The number of carbonyl (C=O) groups excluding carboxylic acids is 2. The van der Waals surface area contributed by atoms with Crippen LogP contribution in [0.1, 0.15) is 18.6 Å². The molecule has 6 heteroatoms. The molecule has 0 radical (unpaired) electrons. The summed E-state index contributed by atoms with van der Waals surface area (Å²) in [4.78, 5) is 21.0. The van der Waals surface area contributed by atoms with Crippen LogP contribution in [0.4, 0.5) is 15.3 Å². The highest BCUT2D eigenvalue weighted by molar-refractivity contribution is 5.84. The first-order valence-electron chi connectivity index (χ1n) is 6.94. The first-order chi connectivity index (χ1) is 11.0. The minimum atomic E-state index is -0.744. The molecule has 0 aromatic heterocycles. The van der Waals surface area contributed by atoms with E-state index in [9.17, 15) is 9.59 Å². The van der Waals surface area contributed by atoms with Crippen molar-refractivity contribution in [3.05, 3.63) is 66.2 Å². The highest BCUT2D eigenvalue weighted by atomic mass is 16.6. The van der Waals surface area contributed by atoms with E-state index in [0.717, 1.165) is 11.3 Å². The van der Waals surface area contributed by atoms with Crippen LogP contribution >= 0.6 is 0 Å². The number of benzene rings is 2. The molecule has 2 aromatic rings. The normalized spacial score (nSPS) is 10.5. The van der Waals surface area contributed by atoms with E-state index in [2.05, 4.69) is 10.1 Å². The minimum Gasteiger partial charge on any atom is -0.453 e. The molecule has 0 aliphatic rings. The summed E-state index contributed by atoms with van der Waals surface area (Å²) in [6.07, 6.45) is -1.47. The van der Waals surface area contributed by atoms with Crippen LogP contribution in [0.5, 0.6) is 0 Å². The number of anilines is 1. The van der Waals surface area contributed by atoms with Crippen LogP contribution in [-0.2, 0) is 9.47 Å². The summed E-state index contributed by atoms with van der Waals surface area (Å²) in [7, 11) is 1.33. The van der Waals surface area contributed by atoms with Gasteiger partial charge in [0.2, 0.25) is 0 Å². The van der Waals surface area contributed by atoms with E-state index in [4.69, 9.17) is 10.5 Å². The lowest BCUT2D eigenvalue weighted by molar-refractivity contribution is 0.116. The number of primary amides is 1. The Morgan fingerprint density at radius 1 is 1.00 bits per heavy atom. The van der Waals surface area contributed by atoms with Crippen molar-refractivity contribution < 1.29 is 19.1 Å². The van der Waals surface area contributed by atoms with Crippen molar-refractivity contribution >= 4 is 17.9 Å². The van der Waals surface area contributed by atoms with E-state index >= 15 is 0 Å². The van der Waals surface area contributed by atoms with Gasteiger partial charge in [-0.25, -0.2) is 9.59 Å². The zero-order valence-corrected chi connectivity index (χ0v) is 13.1. The third kappa shape index (κ3) is 7.52. The van der Waals surface area contributed by atoms with Gasteiger partial charge in [0.1, 0.15) is 6.10 Å². The van der Waals surface area contributed by atoms with Gasteiger partial charge in [0.15, 0.2) is 0 Å². The topological polar surface area (TPSA) is 90.7 Å². The number of nitrogens with two attached hydrogens (primary N) is 1. The van der Waals surface area contributed by atoms with Crippen LogP contribution in [0.15, 0.2) is 60.7 Å². The number of ether oxygens (including phenoxy) is 2. The average Bonchev–Trinajstić information content (AvgIpc) is 2.56. The van der Waals surface area contributed by atoms with E-state index in [1.165, 1.54) is 7.11 Å². The van der Waals surface area contributed by atoms with Gasteiger partial charge in [-0.2, -0.15) is 0 Å². The molecule has 2 amide bonds. The Bertz CT molecular complexity index is 603. The molecule has 0 saturated carbocycles. The lowest BCUT2D eigenvalue weighted by Crippen LogP contribution is -2.15. The molecule has 1 atom stereocenters. The molecule has 1 unspecified atom stereocenters. The summed E-state index contributed by atoms with van der Waals surface area (Å²) >= 11 is 0. The van der Waals surface area contributed by atoms with Gasteiger partial charge < -0.3 is 15.2 Å². The van der Waals surface area contributed by atoms with Crippen molar-refractivity contribution in [2.45, 2.75) is 13.0 Å². The van der Waals surface area contributed by atoms with Gasteiger partial charge in [0, 0.05) is 5.69 Å². The van der Waals surface area contributed by atoms with Gasteiger partial charge in [0.25, 0.3) is 0 Å². The molecule has 0 aliphatic heterocycles. The minimum absolute atomic E-state index is 0.274. The van der Waals surface area contributed by atoms with Crippen molar-refractivity contribution in [3.63, 3.8) is 0 Å². The lowest BCUT2D eigenvalue weighted by Gasteiger charge is -2.10. The number of nitrogens with one attached hydrogen (secondary N) is 1. The summed E-state index contributed by atoms with van der Waals surface area (Å²) in [5.41, 5.74) is 6.55. The van der Waals surface area contributed by atoms with Crippen LogP contribution in [-0.4, -0.2) is 19.3 Å². The number of hydrogen-bond donors (Lipinski definition) is 2. The Balaban J connectivity index is 0.000000231. The Morgan fingerprint density at radius 3 is 2.00 bits per heavy atom. The fourth-order valence-electron chi connectivity index (χ4n) is 1.66. The number of amides is 2. The van der Waals surface area contributed by atoms with Crippen LogP contribution in [0.3, 0.4) is 0 Å². The lowest BCUT2D eigenvalue weighted by atomic mass is 10.1. The second-order valence-corrected chi connectivity index (χ2v) is 4.47. The Hall–Kier alpha value is -3.02. The zero-order chi connectivity index (χ0) is 17.1. The predicted octanol–water partition coefficient (Wildman–Crippen LogP) is 3.71. The average molecular weight is 316 g/mol. The van der Waals surface area contributed by atoms with Crippen molar-refractivity contribution in [2.75, 3.05) is 12.4 Å². The highest BCUT2D eigenvalue weighted by Gasteiger charge is 2.06. The monoisotopic (exact) mass is 316 g/mol. The molecule has 122 valence electrons. The van der Waals surface area contributed by atoms with Crippen molar-refractivity contribution in [3.8, 4) is 0 Å². The molecular formula is C17H20N2O4. The van der Waals surface area contributed by atoms with Crippen LogP contribution in [0, 0.1) is 0 Å². The van der Waals surface area contributed by atoms with Gasteiger partial charge >= 0.3 is 12.2 Å². The quantitative estimate of drug-likeness (QED) is 0.903. The smallest absolute Gasteiger partial charge is 0.411 e. The largest absolute Gasteiger partial charge is 0.453 e. The molecule has 0 spiro atoms. The van der Waals surface area contributed by atoms with Gasteiger partial charge in [0.05, 0.1) is 7.11 Å². The number of methoxy groups -OCH3 is 1. The molecule has 0 saturated heterocycles. The Morgan fingerprint density at radius 2 is 1.52 bits per heavy atom. The van der Waals surface area contributed by atoms with Crippen molar-refractivity contribution in [1.82, 2.24) is 0 Å². The summed E-state index contributed by atoms with van der Waals surface area (Å²) in [6, 6.07) is 18.6. The number of carbonyl (C=O) groups is 2. The fraction of sp³-hybridized carbons (Fsp3) is 0.176. The Labute approximate surface area is 135 Å². The maximum Gasteiger partial charge on any atom is 0.411 e. The number of rotatable bonds is 3. The molecular weight excluding hydrogens is 296 g/mol. The standard InChI is InChI=1S/C9H11NO2.C8H9NO2/c1-7(12-9(10)11)8-5-3-2-4-6-8;1-11-8(10)9-7-5-3-2-4-6-7/h2-7H,1H3,(H2,10,11);2-6H,1H3,(H,9,10). The Kier molecular flexibility index (Phi) is 7.71. The first-order valence-corrected chi connectivity index (χ1v) is 6.94. The van der Waals surface area contributed by atoms with E-state index in [1.807, 2.05) is 48.5 Å². The first kappa shape index (κ1) is 18.0. The summed E-state index contributed by atoms with van der Waals surface area (Å²) in [6.45, 7) is 1.78. The zero-order valence-electron chi connectivity index (χ0n) is 13.1. The van der Waals surface area contributed by atoms with Crippen molar-refractivity contribution in [2.24, 2.45) is 5.73 Å². The predicted molar refractivity (Wildman–Crippen MR) is 88.0 cm³/mol. The van der Waals surface area contributed by atoms with E-state index < -0.39 is 12.2 Å². The molecule has 0 aliphatic carbocycles. The van der Waals surface area contributed by atoms with Gasteiger partial charge in [-0.15, -0.1) is 0 Å². The molecule has 0 fully saturated rings. The van der Waals surface area contributed by atoms with E-state index in [0.29, 0.717) is 0 Å². The summed E-state index contributed by atoms with van der Waals surface area (Å²) in [5.74, 6) is 0. The number of hydrogen-bond acceptors (Lipinski definition) is 4. The molecule has 23 heavy (non-hydrogen) atoms. The fourth-order valence-corrected chi connectivity index (χ4v) is 1.66. The van der Waals surface area contributed by atoms with Gasteiger partial charge in [-0.3, -0.25) is 5.32 Å². The maximum atomic E-state index is 10.6. The third-order valence-corrected chi connectivity index (χ3v) is 2.77. The van der Waals surface area contributed by atoms with Crippen LogP contribution in [0.25, 0.3) is 0 Å². The van der Waals surface area contributed by atoms with Gasteiger partial charge in [-0.05, 0) is 24.6 Å². The van der Waals surface area contributed by atoms with Gasteiger partial charge in [-0.1, -0.05) is 48.5 Å². The molecule has 2 aromatic carbocycles. The third-order valence-electron chi connectivity index (χ3n) is 2.77. The van der Waals surface area contributed by atoms with Crippen molar-refractivity contribution in [1.29, 1.82) is 0 Å². The maximum absolute atomic E-state index is 10.6. The molecule has 0 bridgehead atoms. The molecule has 6 nitrogen and oxygen atoms in total. The highest BCUT2D eigenvalue weighted by Crippen LogP contribution is 2.15.